The molecule has 3 nitrogen and oxygen atoms in total. The van der Waals surface area contributed by atoms with Gasteiger partial charge in [0.25, 0.3) is 0 Å². The number of benzene rings is 1. The molecule has 1 aliphatic rings. The number of aromatic nitrogens is 2. The second kappa shape index (κ2) is 4.99. The Morgan fingerprint density at radius 3 is 2.33 bits per heavy atom. The molecular weight excluding hydrogens is 258 g/mol. The Bertz CT molecular complexity index is 596. The quantitative estimate of drug-likeness (QED) is 0.911. The van der Waals surface area contributed by atoms with Crippen molar-refractivity contribution in [3.63, 3.8) is 0 Å². The Morgan fingerprint density at radius 2 is 1.71 bits per heavy atom. The van der Waals surface area contributed by atoms with Gasteiger partial charge in [-0.05, 0) is 16.4 Å². The van der Waals surface area contributed by atoms with E-state index < -0.39 is 0 Å². The summed E-state index contributed by atoms with van der Waals surface area (Å²) < 4.78 is 2.01. The summed E-state index contributed by atoms with van der Waals surface area (Å²) in [6, 6.07) is 11.0. The third kappa shape index (κ3) is 2.62. The van der Waals surface area contributed by atoms with Gasteiger partial charge in [-0.1, -0.05) is 58.0 Å². The van der Waals surface area contributed by atoms with E-state index in [-0.39, 0.29) is 0 Å². The Kier molecular flexibility index (Phi) is 3.40. The van der Waals surface area contributed by atoms with Crippen LogP contribution in [0.15, 0.2) is 42.7 Å². The van der Waals surface area contributed by atoms with Gasteiger partial charge in [-0.15, -0.1) is 0 Å². The van der Waals surface area contributed by atoms with Gasteiger partial charge < -0.3 is 5.32 Å². The van der Waals surface area contributed by atoms with Crippen LogP contribution >= 0.6 is 0 Å². The Labute approximate surface area is 127 Å². The third-order valence-corrected chi connectivity index (χ3v) is 5.41. The van der Waals surface area contributed by atoms with E-state index in [1.54, 1.807) is 0 Å². The maximum absolute atomic E-state index is 4.46. The van der Waals surface area contributed by atoms with Crippen LogP contribution in [0.2, 0.25) is 0 Å². The fourth-order valence-electron chi connectivity index (χ4n) is 3.28. The van der Waals surface area contributed by atoms with Crippen molar-refractivity contribution in [3.8, 4) is 0 Å². The summed E-state index contributed by atoms with van der Waals surface area (Å²) in [5.74, 6) is 0. The molecule has 1 aromatic heterocycles. The summed E-state index contributed by atoms with van der Waals surface area (Å²) in [4.78, 5) is 0. The highest BCUT2D eigenvalue weighted by Gasteiger charge is 2.64. The van der Waals surface area contributed by atoms with Gasteiger partial charge in [0.05, 0.1) is 12.7 Å². The van der Waals surface area contributed by atoms with Crippen LogP contribution in [-0.2, 0) is 13.1 Å². The SMILES string of the molecule is CC1(C)C(NCc2cnn(Cc3ccccc3)c2)C1(C)C. The molecule has 0 saturated heterocycles. The standard InChI is InChI=1S/C18H25N3/c1-17(2)16(18(17,3)4)19-10-15-11-20-21(13-15)12-14-8-6-5-7-9-14/h5-9,11,13,16,19H,10,12H2,1-4H3. The highest BCUT2D eigenvalue weighted by Crippen LogP contribution is 2.62. The number of nitrogens with one attached hydrogen (secondary N) is 1. The smallest absolute Gasteiger partial charge is 0.0659 e. The minimum absolute atomic E-state index is 0.382. The van der Waals surface area contributed by atoms with Crippen molar-refractivity contribution in [2.75, 3.05) is 0 Å². The fraction of sp³-hybridized carbons (Fsp3) is 0.500. The zero-order valence-corrected chi connectivity index (χ0v) is 13.4. The first-order valence-electron chi connectivity index (χ1n) is 7.70. The highest BCUT2D eigenvalue weighted by molar-refractivity contribution is 5.19. The molecule has 0 amide bonds. The molecule has 3 rings (SSSR count). The van der Waals surface area contributed by atoms with Gasteiger partial charge in [0.2, 0.25) is 0 Å². The van der Waals surface area contributed by atoms with E-state index in [1.165, 1.54) is 11.1 Å². The lowest BCUT2D eigenvalue weighted by Gasteiger charge is -2.04. The van der Waals surface area contributed by atoms with Gasteiger partial charge in [0.15, 0.2) is 0 Å². The summed E-state index contributed by atoms with van der Waals surface area (Å²) in [6.45, 7) is 11.1. The Morgan fingerprint density at radius 1 is 1.05 bits per heavy atom. The summed E-state index contributed by atoms with van der Waals surface area (Å²) >= 11 is 0. The third-order valence-electron chi connectivity index (χ3n) is 5.41. The molecule has 3 heteroatoms. The molecule has 1 fully saturated rings. The van der Waals surface area contributed by atoms with Crippen molar-refractivity contribution < 1.29 is 0 Å². The average molecular weight is 283 g/mol. The van der Waals surface area contributed by atoms with Gasteiger partial charge in [0, 0.05) is 24.3 Å². The number of hydrogen-bond donors (Lipinski definition) is 1. The number of hydrogen-bond acceptors (Lipinski definition) is 2. The first kappa shape index (κ1) is 14.3. The van der Waals surface area contributed by atoms with E-state index in [4.69, 9.17) is 0 Å². The van der Waals surface area contributed by atoms with E-state index >= 15 is 0 Å². The fourth-order valence-corrected chi connectivity index (χ4v) is 3.28. The summed E-state index contributed by atoms with van der Waals surface area (Å²) in [5.41, 5.74) is 3.30. The molecule has 112 valence electrons. The van der Waals surface area contributed by atoms with Crippen LogP contribution in [0.4, 0.5) is 0 Å². The van der Waals surface area contributed by atoms with Crippen LogP contribution in [-0.4, -0.2) is 15.8 Å². The largest absolute Gasteiger partial charge is 0.309 e. The van der Waals surface area contributed by atoms with Gasteiger partial charge in [0.1, 0.15) is 0 Å². The zero-order chi connectivity index (χ0) is 15.1. The molecule has 1 N–H and O–H groups in total. The van der Waals surface area contributed by atoms with Gasteiger partial charge in [-0.2, -0.15) is 5.10 Å². The lowest BCUT2D eigenvalue weighted by Crippen LogP contribution is -2.21. The van der Waals surface area contributed by atoms with Crippen LogP contribution in [0, 0.1) is 10.8 Å². The lowest BCUT2D eigenvalue weighted by molar-refractivity contribution is 0.457. The minimum Gasteiger partial charge on any atom is -0.309 e. The minimum atomic E-state index is 0.382. The Hall–Kier alpha value is -1.61. The van der Waals surface area contributed by atoms with Crippen LogP contribution in [0.5, 0.6) is 0 Å². The average Bonchev–Trinajstić information content (AvgIpc) is 2.77. The van der Waals surface area contributed by atoms with Crippen LogP contribution in [0.1, 0.15) is 38.8 Å². The van der Waals surface area contributed by atoms with Crippen molar-refractivity contribution in [2.24, 2.45) is 10.8 Å². The Balaban J connectivity index is 1.57. The molecule has 0 spiro atoms. The van der Waals surface area contributed by atoms with Crippen molar-refractivity contribution in [3.05, 3.63) is 53.9 Å². The molecule has 0 bridgehead atoms. The van der Waals surface area contributed by atoms with E-state index in [1.807, 2.05) is 16.9 Å². The second-order valence-electron chi connectivity index (χ2n) is 7.29. The molecule has 0 atom stereocenters. The molecule has 2 aromatic rings. The summed E-state index contributed by atoms with van der Waals surface area (Å²) in [6.07, 6.45) is 4.11. The van der Waals surface area contributed by atoms with E-state index in [9.17, 15) is 0 Å². The molecular formula is C18H25N3. The highest BCUT2D eigenvalue weighted by atomic mass is 15.3. The maximum atomic E-state index is 4.46. The van der Waals surface area contributed by atoms with Crippen molar-refractivity contribution in [2.45, 2.75) is 46.8 Å². The maximum Gasteiger partial charge on any atom is 0.0659 e. The zero-order valence-electron chi connectivity index (χ0n) is 13.4. The molecule has 1 saturated carbocycles. The lowest BCUT2D eigenvalue weighted by atomic mass is 10.0. The molecule has 1 heterocycles. The molecule has 0 radical (unpaired) electrons. The molecule has 21 heavy (non-hydrogen) atoms. The van der Waals surface area contributed by atoms with Crippen molar-refractivity contribution >= 4 is 0 Å². The van der Waals surface area contributed by atoms with Gasteiger partial charge in [-0.3, -0.25) is 4.68 Å². The molecule has 0 unspecified atom stereocenters. The first-order valence-corrected chi connectivity index (χ1v) is 7.70. The van der Waals surface area contributed by atoms with E-state index in [0.29, 0.717) is 16.9 Å². The van der Waals surface area contributed by atoms with Crippen LogP contribution < -0.4 is 5.32 Å². The van der Waals surface area contributed by atoms with Crippen molar-refractivity contribution in [1.82, 2.24) is 15.1 Å². The summed E-state index contributed by atoms with van der Waals surface area (Å²) in [5, 5.41) is 8.14. The summed E-state index contributed by atoms with van der Waals surface area (Å²) in [7, 11) is 0. The predicted octanol–water partition coefficient (Wildman–Crippen LogP) is 3.46. The van der Waals surface area contributed by atoms with Crippen LogP contribution in [0.3, 0.4) is 0 Å². The predicted molar refractivity (Wildman–Crippen MR) is 86.0 cm³/mol. The monoisotopic (exact) mass is 283 g/mol. The molecule has 0 aliphatic heterocycles. The van der Waals surface area contributed by atoms with Gasteiger partial charge >= 0.3 is 0 Å². The van der Waals surface area contributed by atoms with Crippen molar-refractivity contribution in [1.29, 1.82) is 0 Å². The van der Waals surface area contributed by atoms with Gasteiger partial charge in [-0.25, -0.2) is 0 Å². The number of nitrogens with zero attached hydrogens (tertiary/aromatic N) is 2. The first-order chi connectivity index (χ1) is 9.91. The second-order valence-corrected chi connectivity index (χ2v) is 7.29. The van der Waals surface area contributed by atoms with E-state index in [0.717, 1.165) is 13.1 Å². The van der Waals surface area contributed by atoms with Crippen LogP contribution in [0.25, 0.3) is 0 Å². The topological polar surface area (TPSA) is 29.9 Å². The molecule has 1 aromatic carbocycles. The number of rotatable bonds is 5. The van der Waals surface area contributed by atoms with E-state index in [2.05, 4.69) is 68.6 Å². The molecule has 1 aliphatic carbocycles. The normalized spacial score (nSPS) is 19.6.